The first kappa shape index (κ1) is 17.5. The van der Waals surface area contributed by atoms with Crippen molar-refractivity contribution in [1.29, 1.82) is 0 Å². The third-order valence-electron chi connectivity index (χ3n) is 2.26. The maximum atomic E-state index is 12.0. The molecular weight excluding hydrogens is 246 g/mol. The molecule has 0 bridgehead atoms. The molecule has 0 spiro atoms. The van der Waals surface area contributed by atoms with Gasteiger partial charge in [0.2, 0.25) is 0 Å². The van der Waals surface area contributed by atoms with Crippen LogP contribution in [0.2, 0.25) is 0 Å². The predicted octanol–water partition coefficient (Wildman–Crippen LogP) is 2.75. The molecule has 0 aliphatic rings. The van der Waals surface area contributed by atoms with Gasteiger partial charge in [-0.25, -0.2) is 9.59 Å². The van der Waals surface area contributed by atoms with Gasteiger partial charge in [-0.1, -0.05) is 6.08 Å². The van der Waals surface area contributed by atoms with Gasteiger partial charge >= 0.3 is 12.1 Å². The van der Waals surface area contributed by atoms with E-state index in [2.05, 4.69) is 0 Å². The van der Waals surface area contributed by atoms with Crippen LogP contribution in [-0.2, 0) is 14.3 Å². The molecule has 0 aromatic rings. The van der Waals surface area contributed by atoms with Crippen LogP contribution in [0.3, 0.4) is 0 Å². The van der Waals surface area contributed by atoms with Crippen LogP contribution in [0.15, 0.2) is 12.2 Å². The first-order valence-electron chi connectivity index (χ1n) is 6.55. The van der Waals surface area contributed by atoms with Gasteiger partial charge in [-0.05, 0) is 41.5 Å². The van der Waals surface area contributed by atoms with Gasteiger partial charge in [0.1, 0.15) is 5.60 Å². The highest BCUT2D eigenvalue weighted by molar-refractivity contribution is 5.82. The Morgan fingerprint density at radius 1 is 1.26 bits per heavy atom. The fraction of sp³-hybridized carbons (Fsp3) is 0.714. The number of rotatable bonds is 5. The van der Waals surface area contributed by atoms with Crippen molar-refractivity contribution in [3.8, 4) is 0 Å². The minimum absolute atomic E-state index is 0.232. The minimum atomic E-state index is -0.533. The fourth-order valence-electron chi connectivity index (χ4n) is 1.42. The molecule has 0 aliphatic heterocycles. The summed E-state index contributed by atoms with van der Waals surface area (Å²) >= 11 is 0. The highest BCUT2D eigenvalue weighted by Gasteiger charge is 2.23. The first-order chi connectivity index (χ1) is 8.71. The quantitative estimate of drug-likeness (QED) is 0.570. The molecule has 5 heteroatoms. The average molecular weight is 271 g/mol. The van der Waals surface area contributed by atoms with Crippen molar-refractivity contribution < 1.29 is 19.1 Å². The summed E-state index contributed by atoms with van der Waals surface area (Å²) in [6, 6.07) is -0.232. The lowest BCUT2D eigenvalue weighted by atomic mass is 10.2. The normalized spacial score (nSPS) is 13.2. The second-order valence-corrected chi connectivity index (χ2v) is 5.12. The molecule has 0 radical (unpaired) electrons. The van der Waals surface area contributed by atoms with Gasteiger partial charge in [-0.3, -0.25) is 0 Å². The van der Waals surface area contributed by atoms with Crippen LogP contribution in [0, 0.1) is 0 Å². The smallest absolute Gasteiger partial charge is 0.410 e. The largest absolute Gasteiger partial charge is 0.463 e. The van der Waals surface area contributed by atoms with Gasteiger partial charge in [0, 0.05) is 12.6 Å². The lowest BCUT2D eigenvalue weighted by molar-refractivity contribution is -0.137. The number of esters is 1. The molecule has 19 heavy (non-hydrogen) atoms. The van der Waals surface area contributed by atoms with E-state index in [4.69, 9.17) is 9.47 Å². The summed E-state index contributed by atoms with van der Waals surface area (Å²) < 4.78 is 10.1. The summed E-state index contributed by atoms with van der Waals surface area (Å²) in [6.07, 6.45) is 2.57. The molecule has 1 unspecified atom stereocenters. The molecule has 0 fully saturated rings. The summed E-state index contributed by atoms with van der Waals surface area (Å²) in [6.45, 7) is 11.7. The molecule has 0 N–H and O–H groups in total. The van der Waals surface area contributed by atoms with E-state index in [-0.39, 0.29) is 6.04 Å². The van der Waals surface area contributed by atoms with Crippen LogP contribution in [0.4, 0.5) is 4.79 Å². The standard InChI is InChI=1S/C14H25NO4/c1-7-15(13(17)19-14(4,5)6)11(3)9-10-12(16)18-8-2/h9-11H,7-8H2,1-6H3/b10-9+. The van der Waals surface area contributed by atoms with E-state index in [9.17, 15) is 9.59 Å². The molecule has 0 saturated carbocycles. The SMILES string of the molecule is CCOC(=O)/C=C/C(C)N(CC)C(=O)OC(C)(C)C. The number of hydrogen-bond donors (Lipinski definition) is 0. The number of carbonyl (C=O) groups excluding carboxylic acids is 2. The second kappa shape index (κ2) is 7.81. The Labute approximate surface area is 115 Å². The molecule has 1 amide bonds. The van der Waals surface area contributed by atoms with Crippen LogP contribution in [0.25, 0.3) is 0 Å². The average Bonchev–Trinajstić information content (AvgIpc) is 2.25. The monoisotopic (exact) mass is 271 g/mol. The maximum Gasteiger partial charge on any atom is 0.410 e. The van der Waals surface area contributed by atoms with Gasteiger partial charge in [-0.2, -0.15) is 0 Å². The Kier molecular flexibility index (Phi) is 7.19. The van der Waals surface area contributed by atoms with E-state index >= 15 is 0 Å². The molecule has 5 nitrogen and oxygen atoms in total. The Hall–Kier alpha value is -1.52. The lowest BCUT2D eigenvalue weighted by Crippen LogP contribution is -2.41. The second-order valence-electron chi connectivity index (χ2n) is 5.12. The molecule has 0 heterocycles. The van der Waals surface area contributed by atoms with Crippen LogP contribution >= 0.6 is 0 Å². The third-order valence-corrected chi connectivity index (χ3v) is 2.26. The summed E-state index contributed by atoms with van der Waals surface area (Å²) in [5.74, 6) is -0.408. The highest BCUT2D eigenvalue weighted by atomic mass is 16.6. The third kappa shape index (κ3) is 7.49. The summed E-state index contributed by atoms with van der Waals surface area (Å²) in [5.41, 5.74) is -0.533. The number of hydrogen-bond acceptors (Lipinski definition) is 4. The Bertz CT molecular complexity index is 331. The highest BCUT2D eigenvalue weighted by Crippen LogP contribution is 2.12. The van der Waals surface area contributed by atoms with Gasteiger partial charge < -0.3 is 14.4 Å². The van der Waals surface area contributed by atoms with Crippen molar-refractivity contribution in [2.75, 3.05) is 13.2 Å². The van der Waals surface area contributed by atoms with E-state index < -0.39 is 17.7 Å². The zero-order valence-corrected chi connectivity index (χ0v) is 12.7. The predicted molar refractivity (Wildman–Crippen MR) is 73.8 cm³/mol. The summed E-state index contributed by atoms with van der Waals surface area (Å²) in [7, 11) is 0. The van der Waals surface area contributed by atoms with Crippen molar-refractivity contribution in [3.63, 3.8) is 0 Å². The molecule has 0 aliphatic carbocycles. The minimum Gasteiger partial charge on any atom is -0.463 e. The summed E-state index contributed by atoms with van der Waals surface area (Å²) in [5, 5.41) is 0. The Morgan fingerprint density at radius 2 is 1.84 bits per heavy atom. The molecule has 0 aromatic heterocycles. The van der Waals surface area contributed by atoms with Crippen molar-refractivity contribution in [2.24, 2.45) is 0 Å². The van der Waals surface area contributed by atoms with Crippen LogP contribution in [0.1, 0.15) is 41.5 Å². The molecule has 0 rings (SSSR count). The van der Waals surface area contributed by atoms with Crippen molar-refractivity contribution >= 4 is 12.1 Å². The zero-order valence-electron chi connectivity index (χ0n) is 12.7. The topological polar surface area (TPSA) is 55.8 Å². The van der Waals surface area contributed by atoms with Crippen LogP contribution in [-0.4, -0.2) is 41.8 Å². The lowest BCUT2D eigenvalue weighted by Gasteiger charge is -2.29. The molecule has 110 valence electrons. The Morgan fingerprint density at radius 3 is 2.26 bits per heavy atom. The number of ether oxygens (including phenoxy) is 2. The summed E-state index contributed by atoms with van der Waals surface area (Å²) in [4.78, 5) is 24.7. The molecule has 0 saturated heterocycles. The fourth-order valence-corrected chi connectivity index (χ4v) is 1.42. The zero-order chi connectivity index (χ0) is 15.1. The van der Waals surface area contributed by atoms with Crippen LogP contribution < -0.4 is 0 Å². The van der Waals surface area contributed by atoms with E-state index in [1.807, 2.05) is 34.6 Å². The van der Waals surface area contributed by atoms with Crippen molar-refractivity contribution in [3.05, 3.63) is 12.2 Å². The van der Waals surface area contributed by atoms with Gasteiger partial charge in [0.15, 0.2) is 0 Å². The number of nitrogens with zero attached hydrogens (tertiary/aromatic N) is 1. The van der Waals surface area contributed by atoms with E-state index in [1.165, 1.54) is 6.08 Å². The molecular formula is C14H25NO4. The van der Waals surface area contributed by atoms with Gasteiger partial charge in [-0.15, -0.1) is 0 Å². The number of carbonyl (C=O) groups is 2. The van der Waals surface area contributed by atoms with E-state index in [1.54, 1.807) is 17.9 Å². The van der Waals surface area contributed by atoms with Gasteiger partial charge in [0.25, 0.3) is 0 Å². The van der Waals surface area contributed by atoms with Crippen molar-refractivity contribution in [2.45, 2.75) is 53.2 Å². The maximum absolute atomic E-state index is 12.0. The van der Waals surface area contributed by atoms with E-state index in [0.717, 1.165) is 0 Å². The molecule has 1 atom stereocenters. The van der Waals surface area contributed by atoms with E-state index in [0.29, 0.717) is 13.2 Å². The van der Waals surface area contributed by atoms with Gasteiger partial charge in [0.05, 0.1) is 12.6 Å². The first-order valence-corrected chi connectivity index (χ1v) is 6.55. The number of likely N-dealkylation sites (N-methyl/N-ethyl adjacent to an activating group) is 1. The number of amides is 1. The van der Waals surface area contributed by atoms with Crippen LogP contribution in [0.5, 0.6) is 0 Å². The Balaban J connectivity index is 4.59. The van der Waals surface area contributed by atoms with Crippen molar-refractivity contribution in [1.82, 2.24) is 4.90 Å². The molecule has 0 aromatic carbocycles.